The lowest BCUT2D eigenvalue weighted by molar-refractivity contribution is 0.247. The number of hydrogen-bond donors (Lipinski definition) is 3. The molecule has 0 aliphatic heterocycles. The van der Waals surface area contributed by atoms with Crippen LogP contribution in [0.3, 0.4) is 0 Å². The number of nitrogens with one attached hydrogen (secondary N) is 3. The Morgan fingerprint density at radius 1 is 1.19 bits per heavy atom. The molecule has 0 fully saturated rings. The summed E-state index contributed by atoms with van der Waals surface area (Å²) in [6.07, 6.45) is 2.25. The number of amides is 2. The molecule has 2 aromatic carbocycles. The van der Waals surface area contributed by atoms with E-state index in [2.05, 4.69) is 27.8 Å². The first-order valence-electron chi connectivity index (χ1n) is 10.1. The van der Waals surface area contributed by atoms with Crippen molar-refractivity contribution in [3.8, 4) is 11.1 Å². The second-order valence-corrected chi connectivity index (χ2v) is 8.27. The van der Waals surface area contributed by atoms with Crippen LogP contribution < -0.4 is 16.2 Å². The maximum absolute atomic E-state index is 14.7. The van der Waals surface area contributed by atoms with E-state index in [1.54, 1.807) is 0 Å². The van der Waals surface area contributed by atoms with E-state index in [9.17, 15) is 14.0 Å². The van der Waals surface area contributed by atoms with Crippen molar-refractivity contribution in [3.05, 3.63) is 81.0 Å². The Morgan fingerprint density at radius 2 is 1.97 bits per heavy atom. The Labute approximate surface area is 183 Å². The molecule has 3 aromatic rings. The molecule has 1 aliphatic carbocycles. The van der Waals surface area contributed by atoms with Crippen molar-refractivity contribution in [2.24, 2.45) is 5.92 Å². The number of rotatable bonds is 3. The first-order valence-corrected chi connectivity index (χ1v) is 10.5. The van der Waals surface area contributed by atoms with Gasteiger partial charge >= 0.3 is 6.03 Å². The minimum atomic E-state index is -0.587. The van der Waals surface area contributed by atoms with E-state index >= 15 is 0 Å². The molecule has 0 radical (unpaired) electrons. The average Bonchev–Trinajstić information content (AvgIpc) is 2.89. The van der Waals surface area contributed by atoms with E-state index in [0.29, 0.717) is 28.6 Å². The molecule has 8 heteroatoms. The Morgan fingerprint density at radius 3 is 2.74 bits per heavy atom. The highest BCUT2D eigenvalue weighted by Crippen LogP contribution is 2.33. The minimum Gasteiger partial charge on any atom is -0.329 e. The summed E-state index contributed by atoms with van der Waals surface area (Å²) in [5, 5.41) is 12.3. The van der Waals surface area contributed by atoms with Gasteiger partial charge in [0.1, 0.15) is 5.82 Å². The van der Waals surface area contributed by atoms with Crippen LogP contribution in [0.1, 0.15) is 37.1 Å². The van der Waals surface area contributed by atoms with Crippen LogP contribution in [0.2, 0.25) is 5.02 Å². The number of anilines is 1. The molecular formula is C23H22ClFN4O2. The van der Waals surface area contributed by atoms with E-state index in [1.165, 1.54) is 18.2 Å². The molecular weight excluding hydrogens is 419 g/mol. The topological polar surface area (TPSA) is 86.9 Å². The smallest absolute Gasteiger partial charge is 0.319 e. The van der Waals surface area contributed by atoms with Crippen molar-refractivity contribution < 1.29 is 9.18 Å². The molecule has 31 heavy (non-hydrogen) atoms. The molecule has 0 saturated carbocycles. The van der Waals surface area contributed by atoms with E-state index in [0.717, 1.165) is 24.0 Å². The maximum Gasteiger partial charge on any atom is 0.319 e. The van der Waals surface area contributed by atoms with Gasteiger partial charge in [0.05, 0.1) is 22.4 Å². The molecule has 0 unspecified atom stereocenters. The number of H-pyrrole nitrogens is 1. The fourth-order valence-electron chi connectivity index (χ4n) is 3.92. The lowest BCUT2D eigenvalue weighted by Crippen LogP contribution is -2.34. The fraction of sp³-hybridized carbons (Fsp3) is 0.261. The van der Waals surface area contributed by atoms with Crippen LogP contribution in [0, 0.1) is 11.7 Å². The molecule has 0 spiro atoms. The van der Waals surface area contributed by atoms with Crippen molar-refractivity contribution in [1.29, 1.82) is 0 Å². The van der Waals surface area contributed by atoms with Crippen LogP contribution >= 0.6 is 11.6 Å². The number of benzene rings is 2. The van der Waals surface area contributed by atoms with Gasteiger partial charge in [0, 0.05) is 11.6 Å². The van der Waals surface area contributed by atoms with Crippen LogP contribution in [0.5, 0.6) is 0 Å². The number of hydrogen-bond acceptors (Lipinski definition) is 3. The molecule has 4 rings (SSSR count). The molecule has 1 aliphatic rings. The molecule has 1 heterocycles. The predicted octanol–water partition coefficient (Wildman–Crippen LogP) is 5.06. The Balaban J connectivity index is 1.53. The second kappa shape index (κ2) is 8.89. The van der Waals surface area contributed by atoms with Gasteiger partial charge in [-0.25, -0.2) is 14.3 Å². The summed E-state index contributed by atoms with van der Waals surface area (Å²) in [5.41, 5.74) is 2.50. The highest BCUT2D eigenvalue weighted by Gasteiger charge is 2.25. The third-order valence-corrected chi connectivity index (χ3v) is 5.78. The van der Waals surface area contributed by atoms with Crippen molar-refractivity contribution in [2.75, 3.05) is 5.32 Å². The minimum absolute atomic E-state index is 0.0150. The van der Waals surface area contributed by atoms with Gasteiger partial charge in [-0.2, -0.15) is 5.10 Å². The summed E-state index contributed by atoms with van der Waals surface area (Å²) in [7, 11) is 0. The zero-order valence-electron chi connectivity index (χ0n) is 16.9. The van der Waals surface area contributed by atoms with Crippen molar-refractivity contribution >= 4 is 23.3 Å². The zero-order valence-corrected chi connectivity index (χ0v) is 17.7. The number of carbonyl (C=O) groups excluding carboxylic acids is 1. The van der Waals surface area contributed by atoms with E-state index in [4.69, 9.17) is 11.6 Å². The summed E-state index contributed by atoms with van der Waals surface area (Å²) < 4.78 is 14.7. The van der Waals surface area contributed by atoms with Gasteiger partial charge in [0.25, 0.3) is 5.56 Å². The third-order valence-electron chi connectivity index (χ3n) is 5.46. The molecule has 2 atom stereocenters. The number of aromatic amines is 1. The van der Waals surface area contributed by atoms with Gasteiger partial charge in [-0.05, 0) is 48.4 Å². The zero-order chi connectivity index (χ0) is 22.0. The van der Waals surface area contributed by atoms with Crippen molar-refractivity contribution in [2.45, 2.75) is 32.2 Å². The number of nitrogens with zero attached hydrogens (tertiary/aromatic N) is 1. The molecule has 1 aromatic heterocycles. The first-order chi connectivity index (χ1) is 14.9. The van der Waals surface area contributed by atoms with Crippen LogP contribution in [-0.4, -0.2) is 16.2 Å². The van der Waals surface area contributed by atoms with Crippen LogP contribution in [0.15, 0.2) is 53.3 Å². The first kappa shape index (κ1) is 21.1. The third kappa shape index (κ3) is 4.77. The summed E-state index contributed by atoms with van der Waals surface area (Å²) in [6, 6.07) is 12.5. The molecule has 160 valence electrons. The predicted molar refractivity (Wildman–Crippen MR) is 119 cm³/mol. The van der Waals surface area contributed by atoms with Gasteiger partial charge in [-0.3, -0.25) is 4.79 Å². The Bertz CT molecular complexity index is 1170. The summed E-state index contributed by atoms with van der Waals surface area (Å²) in [4.78, 5) is 24.3. The van der Waals surface area contributed by atoms with E-state index in [-0.39, 0.29) is 17.3 Å². The number of halogens is 2. The molecule has 0 saturated heterocycles. The molecule has 2 amide bonds. The quantitative estimate of drug-likeness (QED) is 0.497. The molecule has 3 N–H and O–H groups in total. The number of carbonyl (C=O) groups is 1. The van der Waals surface area contributed by atoms with Crippen LogP contribution in [-0.2, 0) is 6.42 Å². The second-order valence-electron chi connectivity index (χ2n) is 7.86. The summed E-state index contributed by atoms with van der Waals surface area (Å²) in [6.45, 7) is 2.10. The SMILES string of the molecule is C[C@H]1CC[C@@H](NC(=O)Nc2cc(Cl)c(-c3ccccc3)cc2F)c2n[nH]c(=O)cc2C1. The van der Waals surface area contributed by atoms with Crippen molar-refractivity contribution in [1.82, 2.24) is 15.5 Å². The highest BCUT2D eigenvalue weighted by molar-refractivity contribution is 6.33. The summed E-state index contributed by atoms with van der Waals surface area (Å²) in [5.74, 6) is -0.227. The van der Waals surface area contributed by atoms with Crippen molar-refractivity contribution in [3.63, 3.8) is 0 Å². The highest BCUT2D eigenvalue weighted by atomic mass is 35.5. The molecule has 6 nitrogen and oxygen atoms in total. The monoisotopic (exact) mass is 440 g/mol. The normalized spacial score (nSPS) is 18.0. The van der Waals surface area contributed by atoms with Crippen LogP contribution in [0.4, 0.5) is 14.9 Å². The number of aromatic nitrogens is 2. The van der Waals surface area contributed by atoms with Gasteiger partial charge < -0.3 is 10.6 Å². The van der Waals surface area contributed by atoms with E-state index < -0.39 is 11.8 Å². The van der Waals surface area contributed by atoms with Gasteiger partial charge in [-0.15, -0.1) is 0 Å². The molecule has 0 bridgehead atoms. The van der Waals surface area contributed by atoms with E-state index in [1.807, 2.05) is 30.3 Å². The Hall–Kier alpha value is -3.19. The van der Waals surface area contributed by atoms with Gasteiger partial charge in [0.2, 0.25) is 0 Å². The lowest BCUT2D eigenvalue weighted by atomic mass is 10.0. The van der Waals surface area contributed by atoms with Gasteiger partial charge in [-0.1, -0.05) is 48.9 Å². The fourth-order valence-corrected chi connectivity index (χ4v) is 4.19. The maximum atomic E-state index is 14.7. The van der Waals surface area contributed by atoms with Crippen LogP contribution in [0.25, 0.3) is 11.1 Å². The standard InChI is InChI=1S/C23H22ClFN4O2/c1-13-7-8-19(22-15(9-13)10-21(30)28-29-22)26-23(31)27-20-12-17(24)16(11-18(20)25)14-5-3-2-4-6-14/h2-6,10-13,19H,7-9H2,1H3,(H,28,30)(H2,26,27,31)/t13-,19+/m0/s1. The summed E-state index contributed by atoms with van der Waals surface area (Å²) >= 11 is 6.35. The van der Waals surface area contributed by atoms with Gasteiger partial charge in [0.15, 0.2) is 0 Å². The Kier molecular flexibility index (Phi) is 6.04. The average molecular weight is 441 g/mol. The lowest BCUT2D eigenvalue weighted by Gasteiger charge is -2.18. The number of urea groups is 1. The number of fused-ring (bicyclic) bond motifs is 1. The largest absolute Gasteiger partial charge is 0.329 e.